The predicted molar refractivity (Wildman–Crippen MR) is 77.3 cm³/mol. The molecule has 1 heterocycles. The van der Waals surface area contributed by atoms with Gasteiger partial charge in [-0.15, -0.1) is 0 Å². The lowest BCUT2D eigenvalue weighted by molar-refractivity contribution is -0.147. The fraction of sp³-hybridized carbons (Fsp3) is 0.467. The largest absolute Gasteiger partial charge is 0.469 e. The van der Waals surface area contributed by atoms with Gasteiger partial charge in [0.2, 0.25) is 5.91 Å². The van der Waals surface area contributed by atoms with Gasteiger partial charge in [0, 0.05) is 18.3 Å². The standard InChI is InChI=1S/C15H19N3O4/c1-22-15(21)11-6-4-10(5-7-11)13(19)17-18-14(20)12-3-2-8-16-9-12/h2-3,8-11H,4-7H2,1H3,(H,17,19)(H,18,20)/t10-,11-. The van der Waals surface area contributed by atoms with Gasteiger partial charge >= 0.3 is 5.97 Å². The van der Waals surface area contributed by atoms with Gasteiger partial charge in [0.1, 0.15) is 0 Å². The van der Waals surface area contributed by atoms with Crippen LogP contribution in [0.4, 0.5) is 0 Å². The molecule has 0 bridgehead atoms. The minimum atomic E-state index is -0.412. The highest BCUT2D eigenvalue weighted by atomic mass is 16.5. The fourth-order valence-electron chi connectivity index (χ4n) is 2.55. The summed E-state index contributed by atoms with van der Waals surface area (Å²) in [6.07, 6.45) is 5.45. The first kappa shape index (κ1) is 15.9. The molecule has 1 aromatic rings. The number of carbonyl (C=O) groups is 3. The van der Waals surface area contributed by atoms with Gasteiger partial charge in [-0.05, 0) is 37.8 Å². The van der Waals surface area contributed by atoms with Crippen molar-refractivity contribution >= 4 is 17.8 Å². The summed E-state index contributed by atoms with van der Waals surface area (Å²) in [4.78, 5) is 39.1. The average molecular weight is 305 g/mol. The van der Waals surface area contributed by atoms with Crippen molar-refractivity contribution in [3.8, 4) is 0 Å². The van der Waals surface area contributed by atoms with Gasteiger partial charge in [0.15, 0.2) is 0 Å². The van der Waals surface area contributed by atoms with Crippen LogP contribution in [0.1, 0.15) is 36.0 Å². The number of carbonyl (C=O) groups excluding carboxylic acids is 3. The third-order valence-corrected chi connectivity index (χ3v) is 3.86. The first-order chi connectivity index (χ1) is 10.6. The zero-order valence-electron chi connectivity index (χ0n) is 12.4. The Bertz CT molecular complexity index is 539. The molecule has 0 atom stereocenters. The number of hydrogen-bond donors (Lipinski definition) is 2. The summed E-state index contributed by atoms with van der Waals surface area (Å²) in [5, 5.41) is 0. The number of hydrazine groups is 1. The topological polar surface area (TPSA) is 97.4 Å². The first-order valence-electron chi connectivity index (χ1n) is 7.20. The normalized spacial score (nSPS) is 20.8. The molecule has 1 aliphatic carbocycles. The zero-order valence-corrected chi connectivity index (χ0v) is 12.4. The first-order valence-corrected chi connectivity index (χ1v) is 7.20. The minimum absolute atomic E-state index is 0.126. The van der Waals surface area contributed by atoms with Crippen molar-refractivity contribution in [2.45, 2.75) is 25.7 Å². The lowest BCUT2D eigenvalue weighted by Crippen LogP contribution is -2.45. The molecule has 0 radical (unpaired) electrons. The number of hydrogen-bond acceptors (Lipinski definition) is 5. The van der Waals surface area contributed by atoms with Crippen LogP contribution in [-0.4, -0.2) is 29.9 Å². The average Bonchev–Trinajstić information content (AvgIpc) is 2.59. The Balaban J connectivity index is 1.77. The molecule has 1 aromatic heterocycles. The Morgan fingerprint density at radius 1 is 1.14 bits per heavy atom. The summed E-state index contributed by atoms with van der Waals surface area (Å²) in [5.74, 6) is -1.19. The number of amides is 2. The monoisotopic (exact) mass is 305 g/mol. The van der Waals surface area contributed by atoms with E-state index in [1.54, 1.807) is 18.3 Å². The van der Waals surface area contributed by atoms with Gasteiger partial charge in [-0.3, -0.25) is 30.2 Å². The molecule has 7 nitrogen and oxygen atoms in total. The molecule has 0 saturated heterocycles. The molecule has 1 aliphatic rings. The number of methoxy groups -OCH3 is 1. The second-order valence-electron chi connectivity index (χ2n) is 5.26. The molecule has 118 valence electrons. The van der Waals surface area contributed by atoms with Crippen LogP contribution in [0.15, 0.2) is 24.5 Å². The maximum Gasteiger partial charge on any atom is 0.308 e. The van der Waals surface area contributed by atoms with Crippen molar-refractivity contribution in [3.63, 3.8) is 0 Å². The van der Waals surface area contributed by atoms with Gasteiger partial charge in [-0.1, -0.05) is 0 Å². The molecule has 1 fully saturated rings. The van der Waals surface area contributed by atoms with Gasteiger partial charge < -0.3 is 4.74 Å². The van der Waals surface area contributed by atoms with Crippen molar-refractivity contribution in [2.75, 3.05) is 7.11 Å². The van der Waals surface area contributed by atoms with E-state index in [9.17, 15) is 14.4 Å². The maximum absolute atomic E-state index is 12.0. The van der Waals surface area contributed by atoms with E-state index in [-0.39, 0.29) is 23.7 Å². The Kier molecular flexibility index (Phi) is 5.46. The van der Waals surface area contributed by atoms with E-state index in [0.29, 0.717) is 31.2 Å². The highest BCUT2D eigenvalue weighted by molar-refractivity contribution is 5.95. The minimum Gasteiger partial charge on any atom is -0.469 e. The van der Waals surface area contributed by atoms with Crippen molar-refractivity contribution < 1.29 is 19.1 Å². The molecular formula is C15H19N3O4. The highest BCUT2D eigenvalue weighted by Crippen LogP contribution is 2.29. The van der Waals surface area contributed by atoms with Crippen LogP contribution in [0.3, 0.4) is 0 Å². The van der Waals surface area contributed by atoms with Crippen LogP contribution in [0.5, 0.6) is 0 Å². The van der Waals surface area contributed by atoms with Crippen molar-refractivity contribution in [3.05, 3.63) is 30.1 Å². The van der Waals surface area contributed by atoms with Crippen LogP contribution in [0.2, 0.25) is 0 Å². The maximum atomic E-state index is 12.0. The number of esters is 1. The van der Waals surface area contributed by atoms with Crippen molar-refractivity contribution in [1.29, 1.82) is 0 Å². The predicted octanol–water partition coefficient (Wildman–Crippen LogP) is 0.822. The van der Waals surface area contributed by atoms with Crippen molar-refractivity contribution in [2.24, 2.45) is 11.8 Å². The molecular weight excluding hydrogens is 286 g/mol. The molecule has 2 N–H and O–H groups in total. The van der Waals surface area contributed by atoms with E-state index < -0.39 is 5.91 Å². The van der Waals surface area contributed by atoms with E-state index in [4.69, 9.17) is 4.74 Å². The second kappa shape index (κ2) is 7.53. The second-order valence-corrected chi connectivity index (χ2v) is 5.26. The van der Waals surface area contributed by atoms with Crippen LogP contribution in [0, 0.1) is 11.8 Å². The van der Waals surface area contributed by atoms with Gasteiger partial charge in [0.05, 0.1) is 18.6 Å². The lowest BCUT2D eigenvalue weighted by atomic mass is 9.82. The zero-order chi connectivity index (χ0) is 15.9. The summed E-state index contributed by atoms with van der Waals surface area (Å²) in [7, 11) is 1.37. The molecule has 1 saturated carbocycles. The lowest BCUT2D eigenvalue weighted by Gasteiger charge is -2.26. The van der Waals surface area contributed by atoms with E-state index in [1.807, 2.05) is 0 Å². The summed E-state index contributed by atoms with van der Waals surface area (Å²) in [5.41, 5.74) is 5.17. The van der Waals surface area contributed by atoms with Crippen LogP contribution in [-0.2, 0) is 14.3 Å². The van der Waals surface area contributed by atoms with E-state index in [2.05, 4.69) is 15.8 Å². The van der Waals surface area contributed by atoms with Crippen LogP contribution in [0.25, 0.3) is 0 Å². The molecule has 0 aliphatic heterocycles. The van der Waals surface area contributed by atoms with Crippen LogP contribution >= 0.6 is 0 Å². The molecule has 0 spiro atoms. The molecule has 0 aromatic carbocycles. The molecule has 2 rings (SSSR count). The SMILES string of the molecule is COC(=O)[C@H]1CC[C@H](C(=O)NNC(=O)c2cccnc2)CC1. The summed E-state index contributed by atoms with van der Waals surface area (Å²) >= 11 is 0. The highest BCUT2D eigenvalue weighted by Gasteiger charge is 2.30. The summed E-state index contributed by atoms with van der Waals surface area (Å²) in [6, 6.07) is 3.25. The number of ether oxygens (including phenoxy) is 1. The Morgan fingerprint density at radius 3 is 2.41 bits per heavy atom. The van der Waals surface area contributed by atoms with E-state index in [0.717, 1.165) is 0 Å². The number of aromatic nitrogens is 1. The van der Waals surface area contributed by atoms with E-state index in [1.165, 1.54) is 13.3 Å². The van der Waals surface area contributed by atoms with Gasteiger partial charge in [-0.25, -0.2) is 0 Å². The molecule has 0 unspecified atom stereocenters. The summed E-state index contributed by atoms with van der Waals surface area (Å²) < 4.78 is 4.71. The fourth-order valence-corrected chi connectivity index (χ4v) is 2.55. The number of rotatable bonds is 3. The van der Waals surface area contributed by atoms with Gasteiger partial charge in [0.25, 0.3) is 5.91 Å². The number of nitrogens with zero attached hydrogens (tertiary/aromatic N) is 1. The van der Waals surface area contributed by atoms with Gasteiger partial charge in [-0.2, -0.15) is 0 Å². The quantitative estimate of drug-likeness (QED) is 0.636. The smallest absolute Gasteiger partial charge is 0.308 e. The Hall–Kier alpha value is -2.44. The Labute approximate surface area is 128 Å². The molecule has 2 amide bonds. The van der Waals surface area contributed by atoms with Crippen LogP contribution < -0.4 is 10.9 Å². The summed E-state index contributed by atoms with van der Waals surface area (Å²) in [6.45, 7) is 0. The number of pyridine rings is 1. The van der Waals surface area contributed by atoms with E-state index >= 15 is 0 Å². The third-order valence-electron chi connectivity index (χ3n) is 3.86. The Morgan fingerprint density at radius 2 is 1.82 bits per heavy atom. The third kappa shape index (κ3) is 4.03. The molecule has 7 heteroatoms. The molecule has 22 heavy (non-hydrogen) atoms. The van der Waals surface area contributed by atoms with Crippen molar-refractivity contribution in [1.82, 2.24) is 15.8 Å². The number of nitrogens with one attached hydrogen (secondary N) is 2.